The third kappa shape index (κ3) is 2.91. The third-order valence-electron chi connectivity index (χ3n) is 1.68. The molecule has 1 rings (SSSR count). The number of aromatic carboxylic acids is 1. The molecule has 0 fully saturated rings. The summed E-state index contributed by atoms with van der Waals surface area (Å²) in [7, 11) is -0.965. The summed E-state index contributed by atoms with van der Waals surface area (Å²) >= 11 is 0. The minimum Gasteiger partial charge on any atom is -0.477 e. The quantitative estimate of drug-likeness (QED) is 0.777. The van der Waals surface area contributed by atoms with Gasteiger partial charge in [0.2, 0.25) is 0 Å². The van der Waals surface area contributed by atoms with E-state index in [2.05, 4.69) is 9.71 Å². The smallest absolute Gasteiger partial charge is 0.354 e. The summed E-state index contributed by atoms with van der Waals surface area (Å²) in [4.78, 5) is 14.2. The molecule has 0 aromatic carbocycles. The Labute approximate surface area is 92.9 Å². The summed E-state index contributed by atoms with van der Waals surface area (Å²) in [6.07, 6.45) is 0. The van der Waals surface area contributed by atoms with Gasteiger partial charge in [-0.3, -0.25) is 4.72 Å². The van der Waals surface area contributed by atoms with Gasteiger partial charge in [0.05, 0.1) is 0 Å². The van der Waals surface area contributed by atoms with Crippen molar-refractivity contribution < 1.29 is 18.3 Å². The molecule has 0 atom stereocenters. The number of nitrogens with zero attached hydrogens (tertiary/aromatic N) is 2. The summed E-state index contributed by atoms with van der Waals surface area (Å²) in [6, 6.07) is 4.05. The lowest BCUT2D eigenvalue weighted by Crippen LogP contribution is -2.29. The van der Waals surface area contributed by atoms with Gasteiger partial charge in [0, 0.05) is 14.1 Å². The Balaban J connectivity index is 2.99. The number of aromatic nitrogens is 1. The predicted molar refractivity (Wildman–Crippen MR) is 57.4 cm³/mol. The summed E-state index contributed by atoms with van der Waals surface area (Å²) in [5.74, 6) is -1.25. The molecule has 0 radical (unpaired) electrons. The fourth-order valence-electron chi connectivity index (χ4n) is 0.834. The minimum absolute atomic E-state index is 0.0337. The van der Waals surface area contributed by atoms with E-state index in [4.69, 9.17) is 5.11 Å². The van der Waals surface area contributed by atoms with E-state index in [1.165, 1.54) is 32.3 Å². The van der Waals surface area contributed by atoms with Crippen molar-refractivity contribution in [2.24, 2.45) is 0 Å². The maximum atomic E-state index is 11.4. The van der Waals surface area contributed by atoms with Crippen LogP contribution in [-0.4, -0.2) is 42.9 Å². The van der Waals surface area contributed by atoms with Crippen molar-refractivity contribution in [1.29, 1.82) is 0 Å². The molecular weight excluding hydrogens is 234 g/mol. The third-order valence-corrected chi connectivity index (χ3v) is 3.11. The highest BCUT2D eigenvalue weighted by molar-refractivity contribution is 7.90. The molecule has 1 aromatic rings. The van der Waals surface area contributed by atoms with Crippen molar-refractivity contribution in [3.05, 3.63) is 23.9 Å². The molecule has 88 valence electrons. The number of nitrogens with one attached hydrogen (secondary N) is 1. The second kappa shape index (κ2) is 4.45. The summed E-state index contributed by atoms with van der Waals surface area (Å²) in [5, 5.41) is 8.67. The van der Waals surface area contributed by atoms with Crippen LogP contribution >= 0.6 is 0 Å². The zero-order valence-corrected chi connectivity index (χ0v) is 9.52. The molecule has 1 heterocycles. The first-order valence-corrected chi connectivity index (χ1v) is 5.67. The highest BCUT2D eigenvalue weighted by atomic mass is 32.2. The highest BCUT2D eigenvalue weighted by Gasteiger charge is 2.14. The van der Waals surface area contributed by atoms with Crippen molar-refractivity contribution >= 4 is 22.0 Å². The zero-order chi connectivity index (χ0) is 12.3. The molecule has 2 N–H and O–H groups in total. The van der Waals surface area contributed by atoms with Gasteiger partial charge in [0.1, 0.15) is 5.82 Å². The van der Waals surface area contributed by atoms with Gasteiger partial charge in [0.15, 0.2) is 5.69 Å². The van der Waals surface area contributed by atoms with Crippen LogP contribution in [0.15, 0.2) is 18.2 Å². The Morgan fingerprint density at radius 1 is 1.44 bits per heavy atom. The zero-order valence-electron chi connectivity index (χ0n) is 8.71. The van der Waals surface area contributed by atoms with Gasteiger partial charge in [0.25, 0.3) is 0 Å². The van der Waals surface area contributed by atoms with Crippen molar-refractivity contribution in [3.8, 4) is 0 Å². The van der Waals surface area contributed by atoms with Gasteiger partial charge in [-0.05, 0) is 12.1 Å². The number of hydrogen-bond acceptors (Lipinski definition) is 4. The second-order valence-corrected chi connectivity index (χ2v) is 4.99. The van der Waals surface area contributed by atoms with Crippen LogP contribution < -0.4 is 4.72 Å². The molecule has 0 spiro atoms. The van der Waals surface area contributed by atoms with E-state index < -0.39 is 16.2 Å². The molecule has 0 saturated heterocycles. The molecule has 0 unspecified atom stereocenters. The fraction of sp³-hybridized carbons (Fsp3) is 0.250. The first kappa shape index (κ1) is 12.4. The molecule has 0 amide bonds. The SMILES string of the molecule is CN(C)S(=O)(=O)Nc1cccc(C(=O)O)n1. The number of carboxylic acids is 1. The summed E-state index contributed by atoms with van der Waals surface area (Å²) < 4.78 is 25.9. The van der Waals surface area contributed by atoms with Gasteiger partial charge in [-0.25, -0.2) is 9.78 Å². The van der Waals surface area contributed by atoms with Gasteiger partial charge in [-0.1, -0.05) is 6.07 Å². The van der Waals surface area contributed by atoms with Crippen LogP contribution in [-0.2, 0) is 10.2 Å². The lowest BCUT2D eigenvalue weighted by Gasteiger charge is -2.12. The number of anilines is 1. The van der Waals surface area contributed by atoms with Crippen LogP contribution in [0.2, 0.25) is 0 Å². The van der Waals surface area contributed by atoms with Crippen molar-refractivity contribution in [2.45, 2.75) is 0 Å². The van der Waals surface area contributed by atoms with Crippen molar-refractivity contribution in [2.75, 3.05) is 18.8 Å². The summed E-state index contributed by atoms with van der Waals surface area (Å²) in [5.41, 5.74) is -0.223. The van der Waals surface area contributed by atoms with E-state index in [1.807, 2.05) is 0 Å². The van der Waals surface area contributed by atoms with Gasteiger partial charge in [-0.15, -0.1) is 0 Å². The number of hydrogen-bond donors (Lipinski definition) is 2. The van der Waals surface area contributed by atoms with Gasteiger partial charge < -0.3 is 5.11 Å². The fourth-order valence-corrected chi connectivity index (χ4v) is 1.39. The Morgan fingerprint density at radius 2 is 2.06 bits per heavy atom. The first-order valence-electron chi connectivity index (χ1n) is 4.23. The molecule has 16 heavy (non-hydrogen) atoms. The molecule has 1 aromatic heterocycles. The normalized spacial score (nSPS) is 11.4. The van der Waals surface area contributed by atoms with Gasteiger partial charge >= 0.3 is 16.2 Å². The van der Waals surface area contributed by atoms with E-state index in [1.54, 1.807) is 0 Å². The molecule has 0 aliphatic carbocycles. The van der Waals surface area contributed by atoms with E-state index in [0.717, 1.165) is 4.31 Å². The molecule has 0 bridgehead atoms. The van der Waals surface area contributed by atoms with Crippen LogP contribution in [0.3, 0.4) is 0 Å². The standard InChI is InChI=1S/C8H11N3O4S/c1-11(2)16(14,15)10-7-5-3-4-6(9-7)8(12)13/h3-5H,1-2H3,(H,9,10)(H,12,13). The van der Waals surface area contributed by atoms with Crippen molar-refractivity contribution in [3.63, 3.8) is 0 Å². The van der Waals surface area contributed by atoms with Crippen LogP contribution in [0.4, 0.5) is 5.82 Å². The van der Waals surface area contributed by atoms with Crippen molar-refractivity contribution in [1.82, 2.24) is 9.29 Å². The summed E-state index contributed by atoms with van der Waals surface area (Å²) in [6.45, 7) is 0. The molecule has 0 aliphatic heterocycles. The lowest BCUT2D eigenvalue weighted by molar-refractivity contribution is 0.0690. The minimum atomic E-state index is -3.67. The maximum absolute atomic E-state index is 11.4. The number of carbonyl (C=O) groups is 1. The highest BCUT2D eigenvalue weighted by Crippen LogP contribution is 2.08. The molecule has 0 saturated carbocycles. The average molecular weight is 245 g/mol. The van der Waals surface area contributed by atoms with Crippen LogP contribution in [0.1, 0.15) is 10.5 Å². The first-order chi connectivity index (χ1) is 7.33. The Kier molecular flexibility index (Phi) is 3.45. The molecule has 0 aliphatic rings. The monoisotopic (exact) mass is 245 g/mol. The average Bonchev–Trinajstić information content (AvgIpc) is 2.17. The largest absolute Gasteiger partial charge is 0.477 e. The van der Waals surface area contributed by atoms with E-state index in [0.29, 0.717) is 0 Å². The number of rotatable bonds is 4. The second-order valence-electron chi connectivity index (χ2n) is 3.10. The van der Waals surface area contributed by atoms with Crippen LogP contribution in [0.5, 0.6) is 0 Å². The number of pyridine rings is 1. The molecular formula is C8H11N3O4S. The Bertz CT molecular complexity index is 498. The molecule has 7 nitrogen and oxygen atoms in total. The van der Waals surface area contributed by atoms with Crippen LogP contribution in [0, 0.1) is 0 Å². The van der Waals surface area contributed by atoms with Crippen LogP contribution in [0.25, 0.3) is 0 Å². The topological polar surface area (TPSA) is 99.6 Å². The van der Waals surface area contributed by atoms with E-state index in [-0.39, 0.29) is 11.5 Å². The maximum Gasteiger partial charge on any atom is 0.354 e. The predicted octanol–water partition coefficient (Wildman–Crippen LogP) is -0.00190. The van der Waals surface area contributed by atoms with E-state index in [9.17, 15) is 13.2 Å². The molecule has 8 heteroatoms. The Hall–Kier alpha value is -1.67. The lowest BCUT2D eigenvalue weighted by atomic mass is 10.3. The Morgan fingerprint density at radius 3 is 2.56 bits per heavy atom. The van der Waals surface area contributed by atoms with E-state index >= 15 is 0 Å². The van der Waals surface area contributed by atoms with Gasteiger partial charge in [-0.2, -0.15) is 12.7 Å². The number of carboxylic acid groups (broad SMARTS) is 1.